The van der Waals surface area contributed by atoms with Crippen molar-refractivity contribution in [3.63, 3.8) is 0 Å². The van der Waals surface area contributed by atoms with Gasteiger partial charge in [0.05, 0.1) is 6.61 Å². The minimum atomic E-state index is -0.165. The van der Waals surface area contributed by atoms with Crippen molar-refractivity contribution in [2.24, 2.45) is 5.84 Å². The molecule has 0 unspecified atom stereocenters. The minimum Gasteiger partial charge on any atom is -0.494 e. The van der Waals surface area contributed by atoms with E-state index in [0.29, 0.717) is 19.4 Å². The van der Waals surface area contributed by atoms with Gasteiger partial charge in [0.2, 0.25) is 5.91 Å². The molecule has 0 fully saturated rings. The standard InChI is InChI=1S/C10H14N2O2/c11-12-10(13)7-4-8-14-9-5-2-1-3-6-9/h1-3,5-6H,4,7-8,11H2,(H,12,13). The molecule has 0 aromatic heterocycles. The third-order valence-corrected chi connectivity index (χ3v) is 1.72. The Morgan fingerprint density at radius 2 is 2.07 bits per heavy atom. The number of hydrogen-bond acceptors (Lipinski definition) is 3. The van der Waals surface area contributed by atoms with Gasteiger partial charge < -0.3 is 4.74 Å². The van der Waals surface area contributed by atoms with Gasteiger partial charge in [-0.1, -0.05) is 18.2 Å². The lowest BCUT2D eigenvalue weighted by molar-refractivity contribution is -0.121. The molecule has 1 aromatic carbocycles. The van der Waals surface area contributed by atoms with Crippen LogP contribution in [-0.4, -0.2) is 12.5 Å². The molecule has 76 valence electrons. The minimum absolute atomic E-state index is 0.165. The van der Waals surface area contributed by atoms with Gasteiger partial charge in [-0.05, 0) is 18.6 Å². The van der Waals surface area contributed by atoms with E-state index in [1.54, 1.807) is 0 Å². The molecule has 0 bridgehead atoms. The second-order valence-electron chi connectivity index (χ2n) is 2.83. The van der Waals surface area contributed by atoms with E-state index in [9.17, 15) is 4.79 Å². The van der Waals surface area contributed by atoms with Crippen molar-refractivity contribution in [3.05, 3.63) is 30.3 Å². The highest BCUT2D eigenvalue weighted by Crippen LogP contribution is 2.08. The smallest absolute Gasteiger partial charge is 0.234 e. The molecule has 0 spiro atoms. The van der Waals surface area contributed by atoms with E-state index in [4.69, 9.17) is 10.6 Å². The summed E-state index contributed by atoms with van der Waals surface area (Å²) in [5.74, 6) is 5.58. The van der Waals surface area contributed by atoms with E-state index in [1.807, 2.05) is 30.3 Å². The maximum Gasteiger partial charge on any atom is 0.234 e. The van der Waals surface area contributed by atoms with Gasteiger partial charge in [0.1, 0.15) is 5.75 Å². The van der Waals surface area contributed by atoms with Crippen molar-refractivity contribution in [2.45, 2.75) is 12.8 Å². The van der Waals surface area contributed by atoms with Crippen LogP contribution in [-0.2, 0) is 4.79 Å². The number of nitrogens with two attached hydrogens (primary N) is 1. The van der Waals surface area contributed by atoms with Crippen LogP contribution in [0, 0.1) is 0 Å². The van der Waals surface area contributed by atoms with E-state index < -0.39 is 0 Å². The molecule has 0 aliphatic heterocycles. The molecule has 0 aliphatic carbocycles. The highest BCUT2D eigenvalue weighted by atomic mass is 16.5. The number of ether oxygens (including phenoxy) is 1. The maximum absolute atomic E-state index is 10.7. The monoisotopic (exact) mass is 194 g/mol. The van der Waals surface area contributed by atoms with Crippen LogP contribution in [0.1, 0.15) is 12.8 Å². The van der Waals surface area contributed by atoms with Gasteiger partial charge in [0.25, 0.3) is 0 Å². The number of amides is 1. The number of rotatable bonds is 5. The fraction of sp³-hybridized carbons (Fsp3) is 0.300. The first-order chi connectivity index (χ1) is 6.83. The topological polar surface area (TPSA) is 64.3 Å². The lowest BCUT2D eigenvalue weighted by Gasteiger charge is -2.04. The summed E-state index contributed by atoms with van der Waals surface area (Å²) in [5, 5.41) is 0. The van der Waals surface area contributed by atoms with Crippen molar-refractivity contribution < 1.29 is 9.53 Å². The van der Waals surface area contributed by atoms with Crippen LogP contribution in [0.25, 0.3) is 0 Å². The summed E-state index contributed by atoms with van der Waals surface area (Å²) in [4.78, 5) is 10.7. The van der Waals surface area contributed by atoms with E-state index in [0.717, 1.165) is 5.75 Å². The SMILES string of the molecule is NNC(=O)CCCOc1ccccc1. The van der Waals surface area contributed by atoms with E-state index in [1.165, 1.54) is 0 Å². The van der Waals surface area contributed by atoms with Gasteiger partial charge >= 0.3 is 0 Å². The number of carbonyl (C=O) groups is 1. The highest BCUT2D eigenvalue weighted by Gasteiger charge is 1.97. The normalized spacial score (nSPS) is 9.50. The van der Waals surface area contributed by atoms with Crippen molar-refractivity contribution in [1.82, 2.24) is 5.43 Å². The van der Waals surface area contributed by atoms with Gasteiger partial charge in [-0.25, -0.2) is 5.84 Å². The second kappa shape index (κ2) is 5.99. The van der Waals surface area contributed by atoms with Gasteiger partial charge in [-0.15, -0.1) is 0 Å². The molecule has 0 saturated carbocycles. The summed E-state index contributed by atoms with van der Waals surface area (Å²) < 4.78 is 5.38. The molecule has 4 nitrogen and oxygen atoms in total. The second-order valence-corrected chi connectivity index (χ2v) is 2.83. The molecule has 1 rings (SSSR count). The average Bonchev–Trinajstić information content (AvgIpc) is 2.25. The first-order valence-electron chi connectivity index (χ1n) is 4.50. The summed E-state index contributed by atoms with van der Waals surface area (Å²) >= 11 is 0. The fourth-order valence-corrected chi connectivity index (χ4v) is 1.01. The number of nitrogens with one attached hydrogen (secondary N) is 1. The molecular weight excluding hydrogens is 180 g/mol. The highest BCUT2D eigenvalue weighted by molar-refractivity contribution is 5.75. The predicted molar refractivity (Wildman–Crippen MR) is 53.5 cm³/mol. The zero-order chi connectivity index (χ0) is 10.2. The summed E-state index contributed by atoms with van der Waals surface area (Å²) in [7, 11) is 0. The maximum atomic E-state index is 10.7. The molecule has 0 heterocycles. The van der Waals surface area contributed by atoms with Crippen molar-refractivity contribution in [1.29, 1.82) is 0 Å². The summed E-state index contributed by atoms with van der Waals surface area (Å²) in [6.07, 6.45) is 1.06. The molecular formula is C10H14N2O2. The van der Waals surface area contributed by atoms with Crippen LogP contribution >= 0.6 is 0 Å². The molecule has 4 heteroatoms. The number of carbonyl (C=O) groups excluding carboxylic acids is 1. The Morgan fingerprint density at radius 3 is 2.71 bits per heavy atom. The molecule has 1 aromatic rings. The molecule has 0 saturated heterocycles. The quantitative estimate of drug-likeness (QED) is 0.316. The Bertz CT molecular complexity index is 275. The van der Waals surface area contributed by atoms with Gasteiger partial charge in [0, 0.05) is 6.42 Å². The zero-order valence-electron chi connectivity index (χ0n) is 7.90. The Balaban J connectivity index is 2.13. The summed E-state index contributed by atoms with van der Waals surface area (Å²) in [6, 6.07) is 9.49. The van der Waals surface area contributed by atoms with E-state index >= 15 is 0 Å². The number of benzene rings is 1. The third kappa shape index (κ3) is 3.91. The largest absolute Gasteiger partial charge is 0.494 e. The Morgan fingerprint density at radius 1 is 1.36 bits per heavy atom. The van der Waals surface area contributed by atoms with E-state index in [-0.39, 0.29) is 5.91 Å². The van der Waals surface area contributed by atoms with Gasteiger partial charge in [-0.3, -0.25) is 10.2 Å². The lowest BCUT2D eigenvalue weighted by atomic mass is 10.3. The summed E-state index contributed by atoms with van der Waals surface area (Å²) in [6.45, 7) is 0.525. The Kier molecular flexibility index (Phi) is 4.50. The predicted octanol–water partition coefficient (Wildman–Crippen LogP) is 0.835. The Hall–Kier alpha value is -1.55. The van der Waals surface area contributed by atoms with Crippen LogP contribution in [0.5, 0.6) is 5.75 Å². The van der Waals surface area contributed by atoms with Crippen LogP contribution in [0.15, 0.2) is 30.3 Å². The lowest BCUT2D eigenvalue weighted by Crippen LogP contribution is -2.29. The number of hydrazine groups is 1. The number of para-hydroxylation sites is 1. The fourth-order valence-electron chi connectivity index (χ4n) is 1.01. The first-order valence-corrected chi connectivity index (χ1v) is 4.50. The third-order valence-electron chi connectivity index (χ3n) is 1.72. The number of hydrogen-bond donors (Lipinski definition) is 2. The molecule has 0 atom stereocenters. The van der Waals surface area contributed by atoms with Crippen molar-refractivity contribution in [2.75, 3.05) is 6.61 Å². The van der Waals surface area contributed by atoms with Crippen molar-refractivity contribution in [3.8, 4) is 5.75 Å². The zero-order valence-corrected chi connectivity index (χ0v) is 7.90. The van der Waals surface area contributed by atoms with Crippen LogP contribution in [0.4, 0.5) is 0 Å². The molecule has 1 amide bonds. The van der Waals surface area contributed by atoms with Crippen LogP contribution < -0.4 is 16.0 Å². The molecule has 0 radical (unpaired) electrons. The van der Waals surface area contributed by atoms with Crippen LogP contribution in [0.3, 0.4) is 0 Å². The van der Waals surface area contributed by atoms with Gasteiger partial charge in [-0.2, -0.15) is 0 Å². The van der Waals surface area contributed by atoms with E-state index in [2.05, 4.69) is 5.43 Å². The first kappa shape index (κ1) is 10.5. The Labute approximate surface area is 83.0 Å². The molecule has 0 aliphatic rings. The average molecular weight is 194 g/mol. The summed E-state index contributed by atoms with van der Waals surface area (Å²) in [5.41, 5.74) is 2.07. The van der Waals surface area contributed by atoms with Gasteiger partial charge in [0.15, 0.2) is 0 Å². The molecule has 14 heavy (non-hydrogen) atoms. The van der Waals surface area contributed by atoms with Crippen LogP contribution in [0.2, 0.25) is 0 Å². The van der Waals surface area contributed by atoms with Crippen molar-refractivity contribution >= 4 is 5.91 Å². The molecule has 3 N–H and O–H groups in total.